The van der Waals surface area contributed by atoms with Crippen molar-refractivity contribution in [2.75, 3.05) is 23.9 Å². The lowest BCUT2D eigenvalue weighted by Gasteiger charge is -2.14. The van der Waals surface area contributed by atoms with Crippen molar-refractivity contribution in [1.82, 2.24) is 34.5 Å². The molecule has 0 atom stereocenters. The number of hydrogen-bond acceptors (Lipinski definition) is 9. The van der Waals surface area contributed by atoms with Crippen LogP contribution >= 0.6 is 0 Å². The number of carbonyl (C=O) groups excluding carboxylic acids is 1. The molecule has 5 aromatic heterocycles. The summed E-state index contributed by atoms with van der Waals surface area (Å²) in [4.78, 5) is 16.3. The van der Waals surface area contributed by atoms with Crippen molar-refractivity contribution in [3.05, 3.63) is 66.1 Å². The molecule has 1 fully saturated rings. The van der Waals surface area contributed by atoms with Gasteiger partial charge in [-0.15, -0.1) is 10.2 Å². The second kappa shape index (κ2) is 9.75. The summed E-state index contributed by atoms with van der Waals surface area (Å²) >= 11 is 0. The third-order valence-corrected chi connectivity index (χ3v) is 7.37. The SMILES string of the molecule is CS(=O)(=O)CCNCc1ccc(-c2ccc3nnc(C(F)(F)c4ccc5nc(NC(=O)C6CC6)cn5n4)n3c2)o1. The van der Waals surface area contributed by atoms with Crippen LogP contribution < -0.4 is 10.6 Å². The summed E-state index contributed by atoms with van der Waals surface area (Å²) in [6.45, 7) is 0.581. The monoisotopic (exact) mass is 570 g/mol. The van der Waals surface area contributed by atoms with Crippen LogP contribution in [0.3, 0.4) is 0 Å². The Labute approximate surface area is 226 Å². The minimum absolute atomic E-state index is 0.00262. The molecule has 208 valence electrons. The van der Waals surface area contributed by atoms with Crippen molar-refractivity contribution in [2.24, 2.45) is 5.92 Å². The first-order valence-corrected chi connectivity index (χ1v) is 14.5. The van der Waals surface area contributed by atoms with Crippen LogP contribution in [0.25, 0.3) is 22.6 Å². The minimum atomic E-state index is -3.62. The van der Waals surface area contributed by atoms with Gasteiger partial charge in [-0.05, 0) is 49.2 Å². The molecule has 12 nitrogen and oxygen atoms in total. The number of halogens is 2. The molecular weight excluding hydrogens is 546 g/mol. The quantitative estimate of drug-likeness (QED) is 0.242. The second-order valence-corrected chi connectivity index (χ2v) is 12.0. The molecule has 0 unspecified atom stereocenters. The first-order valence-electron chi connectivity index (χ1n) is 12.5. The molecule has 40 heavy (non-hydrogen) atoms. The van der Waals surface area contributed by atoms with Gasteiger partial charge in [0.05, 0.1) is 18.5 Å². The van der Waals surface area contributed by atoms with Crippen LogP contribution in [0.4, 0.5) is 14.6 Å². The predicted octanol–water partition coefficient (Wildman–Crippen LogP) is 2.65. The number of nitrogens with one attached hydrogen (secondary N) is 2. The van der Waals surface area contributed by atoms with Crippen LogP contribution in [-0.2, 0) is 27.1 Å². The van der Waals surface area contributed by atoms with E-state index in [1.165, 1.54) is 27.4 Å². The first-order chi connectivity index (χ1) is 19.1. The van der Waals surface area contributed by atoms with Crippen molar-refractivity contribution < 1.29 is 26.4 Å². The highest BCUT2D eigenvalue weighted by molar-refractivity contribution is 7.90. The number of furan rings is 1. The Morgan fingerprint density at radius 2 is 1.90 bits per heavy atom. The fraction of sp³-hybridized carbons (Fsp3) is 0.320. The summed E-state index contributed by atoms with van der Waals surface area (Å²) in [6, 6.07) is 9.21. The molecule has 0 aliphatic heterocycles. The van der Waals surface area contributed by atoms with Gasteiger partial charge >= 0.3 is 5.92 Å². The van der Waals surface area contributed by atoms with Crippen molar-refractivity contribution in [3.63, 3.8) is 0 Å². The lowest BCUT2D eigenvalue weighted by atomic mass is 10.2. The summed E-state index contributed by atoms with van der Waals surface area (Å²) in [5.74, 6) is -3.19. The average Bonchev–Trinajstić information content (AvgIpc) is 3.30. The van der Waals surface area contributed by atoms with Crippen LogP contribution in [-0.4, -0.2) is 62.1 Å². The molecule has 5 heterocycles. The van der Waals surface area contributed by atoms with E-state index in [4.69, 9.17) is 4.42 Å². The smallest absolute Gasteiger partial charge is 0.350 e. The number of hydrogen-bond donors (Lipinski definition) is 2. The van der Waals surface area contributed by atoms with Crippen LogP contribution in [0, 0.1) is 5.92 Å². The Kier molecular flexibility index (Phi) is 6.34. The lowest BCUT2D eigenvalue weighted by Crippen LogP contribution is -2.22. The third kappa shape index (κ3) is 5.29. The number of pyridine rings is 1. The molecule has 0 radical (unpaired) electrons. The normalized spacial score (nSPS) is 14.3. The fourth-order valence-electron chi connectivity index (χ4n) is 4.15. The van der Waals surface area contributed by atoms with E-state index in [-0.39, 0.29) is 35.6 Å². The lowest BCUT2D eigenvalue weighted by molar-refractivity contribution is -0.117. The minimum Gasteiger partial charge on any atom is -0.460 e. The van der Waals surface area contributed by atoms with Crippen molar-refractivity contribution in [2.45, 2.75) is 25.3 Å². The Hall–Kier alpha value is -4.24. The fourth-order valence-corrected chi connectivity index (χ4v) is 4.66. The molecule has 1 aliphatic rings. The number of carbonyl (C=O) groups is 1. The molecule has 1 aliphatic carbocycles. The molecule has 5 aromatic rings. The number of sulfone groups is 1. The van der Waals surface area contributed by atoms with Crippen LogP contribution in [0.15, 0.2) is 53.2 Å². The highest BCUT2D eigenvalue weighted by atomic mass is 32.2. The van der Waals surface area contributed by atoms with Gasteiger partial charge in [0, 0.05) is 30.5 Å². The number of rotatable bonds is 10. The van der Waals surface area contributed by atoms with E-state index in [9.17, 15) is 13.2 Å². The van der Waals surface area contributed by atoms with Gasteiger partial charge in [-0.2, -0.15) is 13.9 Å². The molecule has 6 rings (SSSR count). The van der Waals surface area contributed by atoms with Crippen LogP contribution in [0.2, 0.25) is 0 Å². The Balaban J connectivity index is 1.24. The Morgan fingerprint density at radius 3 is 2.67 bits per heavy atom. The van der Waals surface area contributed by atoms with Gasteiger partial charge < -0.3 is 15.1 Å². The van der Waals surface area contributed by atoms with E-state index in [1.54, 1.807) is 24.3 Å². The van der Waals surface area contributed by atoms with Crippen LogP contribution in [0.1, 0.15) is 30.1 Å². The van der Waals surface area contributed by atoms with Crippen molar-refractivity contribution >= 4 is 32.9 Å². The van der Waals surface area contributed by atoms with Crippen molar-refractivity contribution in [1.29, 1.82) is 0 Å². The zero-order valence-electron chi connectivity index (χ0n) is 21.2. The highest BCUT2D eigenvalue weighted by Gasteiger charge is 2.41. The van der Waals surface area contributed by atoms with E-state index in [0.717, 1.165) is 25.2 Å². The summed E-state index contributed by atoms with van der Waals surface area (Å²) < 4.78 is 62.2. The highest BCUT2D eigenvalue weighted by Crippen LogP contribution is 2.35. The van der Waals surface area contributed by atoms with Gasteiger partial charge in [-0.3, -0.25) is 9.20 Å². The standard InChI is InChI=1S/C25H24F2N8O4S/c1-40(37,38)11-10-28-12-17-5-6-18(39-17)16-4-8-22-31-32-24(34(22)13-16)25(26,27)19-7-9-21-29-20(14-35(21)33-19)30-23(36)15-2-3-15/h4-9,13-15,28H,2-3,10-12H2,1H3,(H,30,36). The van der Waals surface area contributed by atoms with Crippen molar-refractivity contribution in [3.8, 4) is 11.3 Å². The molecule has 1 saturated carbocycles. The Bertz CT molecular complexity index is 1840. The maximum Gasteiger partial charge on any atom is 0.350 e. The summed E-state index contributed by atoms with van der Waals surface area (Å²) in [7, 11) is -3.08. The number of aromatic nitrogens is 6. The largest absolute Gasteiger partial charge is 0.460 e. The van der Waals surface area contributed by atoms with E-state index in [0.29, 0.717) is 29.3 Å². The van der Waals surface area contributed by atoms with E-state index in [2.05, 4.69) is 30.9 Å². The van der Waals surface area contributed by atoms with Gasteiger partial charge in [0.2, 0.25) is 11.7 Å². The summed E-state index contributed by atoms with van der Waals surface area (Å²) in [5, 5.41) is 17.4. The maximum atomic E-state index is 15.7. The van der Waals surface area contributed by atoms with Gasteiger partial charge in [-0.1, -0.05) is 0 Å². The topological polar surface area (TPSA) is 149 Å². The van der Waals surface area contributed by atoms with Crippen LogP contribution in [0.5, 0.6) is 0 Å². The van der Waals surface area contributed by atoms with Gasteiger partial charge in [0.15, 0.2) is 17.1 Å². The second-order valence-electron chi connectivity index (χ2n) is 9.73. The third-order valence-electron chi connectivity index (χ3n) is 6.42. The first kappa shape index (κ1) is 26.0. The van der Waals surface area contributed by atoms with E-state index >= 15 is 8.78 Å². The number of nitrogens with zero attached hydrogens (tertiary/aromatic N) is 6. The van der Waals surface area contributed by atoms with E-state index < -0.39 is 27.3 Å². The molecule has 2 N–H and O–H groups in total. The molecular formula is C25H24F2N8O4S. The molecule has 15 heteroatoms. The number of alkyl halides is 2. The number of imidazole rings is 1. The zero-order chi connectivity index (χ0) is 28.1. The Morgan fingerprint density at radius 1 is 1.10 bits per heavy atom. The van der Waals surface area contributed by atoms with Gasteiger partial charge in [0.1, 0.15) is 27.1 Å². The average molecular weight is 571 g/mol. The zero-order valence-corrected chi connectivity index (χ0v) is 22.0. The molecule has 0 saturated heterocycles. The summed E-state index contributed by atoms with van der Waals surface area (Å²) in [6.07, 6.45) is 5.66. The number of anilines is 1. The predicted molar refractivity (Wildman–Crippen MR) is 139 cm³/mol. The van der Waals surface area contributed by atoms with Gasteiger partial charge in [-0.25, -0.2) is 17.9 Å². The molecule has 0 aromatic carbocycles. The number of fused-ring (bicyclic) bond motifs is 2. The molecule has 0 bridgehead atoms. The molecule has 1 amide bonds. The van der Waals surface area contributed by atoms with Gasteiger partial charge in [0.25, 0.3) is 0 Å². The molecule has 0 spiro atoms. The maximum absolute atomic E-state index is 15.7. The number of amides is 1. The van der Waals surface area contributed by atoms with E-state index in [1.807, 2.05) is 0 Å². The summed E-state index contributed by atoms with van der Waals surface area (Å²) in [5.41, 5.74) is 0.457.